The molecule has 0 fully saturated rings. The highest BCUT2D eigenvalue weighted by Gasteiger charge is 2.33. The lowest BCUT2D eigenvalue weighted by Crippen LogP contribution is -2.20. The maximum absolute atomic E-state index is 14.9. The van der Waals surface area contributed by atoms with Crippen molar-refractivity contribution in [2.75, 3.05) is 9.80 Å². The Balaban J connectivity index is 0.944. The van der Waals surface area contributed by atoms with E-state index in [0.717, 1.165) is 72.7 Å². The van der Waals surface area contributed by atoms with E-state index in [4.69, 9.17) is 0 Å². The van der Waals surface area contributed by atoms with Crippen LogP contribution in [0, 0.1) is 12.8 Å². The summed E-state index contributed by atoms with van der Waals surface area (Å²) in [4.78, 5) is 36.6. The van der Waals surface area contributed by atoms with Crippen LogP contribution in [-0.2, 0) is 0 Å². The van der Waals surface area contributed by atoms with E-state index in [9.17, 15) is 9.59 Å². The molecule has 0 saturated heterocycles. The number of anilines is 6. The maximum Gasteiger partial charge on any atom is 0.193 e. The smallest absolute Gasteiger partial charge is 0.193 e. The first kappa shape index (κ1) is 41.7. The third kappa shape index (κ3) is 7.38. The van der Waals surface area contributed by atoms with E-state index in [1.165, 1.54) is 9.79 Å². The monoisotopic (exact) mass is 882 g/mol. The van der Waals surface area contributed by atoms with Gasteiger partial charge in [-0.25, -0.2) is 0 Å². The van der Waals surface area contributed by atoms with Crippen molar-refractivity contribution in [2.24, 2.45) is 5.92 Å². The number of fused-ring (bicyclic) bond motifs is 4. The van der Waals surface area contributed by atoms with Gasteiger partial charge in [-0.15, -0.1) is 0 Å². The van der Waals surface area contributed by atoms with Crippen LogP contribution in [-0.4, -0.2) is 11.6 Å². The molecule has 5 heteroatoms. The van der Waals surface area contributed by atoms with Crippen molar-refractivity contribution in [1.82, 2.24) is 0 Å². The molecule has 4 nitrogen and oxygen atoms in total. The van der Waals surface area contributed by atoms with Crippen LogP contribution in [0.3, 0.4) is 0 Å². The van der Waals surface area contributed by atoms with Crippen LogP contribution in [0.15, 0.2) is 229 Å². The first-order chi connectivity index (χ1) is 32.9. The summed E-state index contributed by atoms with van der Waals surface area (Å²) in [5.41, 5.74) is 13.9. The Bertz CT molecular complexity index is 3430. The molecule has 0 bridgehead atoms. The highest BCUT2D eigenvalue weighted by molar-refractivity contribution is 7.99. The molecule has 11 rings (SSSR count). The Morgan fingerprint density at radius 1 is 0.582 bits per heavy atom. The van der Waals surface area contributed by atoms with E-state index in [1.807, 2.05) is 91.0 Å². The molecule has 2 aliphatic rings. The molecule has 0 spiro atoms. The predicted octanol–water partition coefficient (Wildman–Crippen LogP) is 16.5. The number of benzene rings is 9. The minimum Gasteiger partial charge on any atom is -0.310 e. The highest BCUT2D eigenvalue weighted by atomic mass is 32.2. The van der Waals surface area contributed by atoms with Crippen LogP contribution in [0.4, 0.5) is 34.1 Å². The molecule has 1 heterocycles. The van der Waals surface area contributed by atoms with E-state index >= 15 is 0 Å². The average molecular weight is 883 g/mol. The van der Waals surface area contributed by atoms with Crippen molar-refractivity contribution in [3.63, 3.8) is 0 Å². The lowest BCUT2D eigenvalue weighted by Gasteiger charge is -2.33. The number of hydrogen-bond donors (Lipinski definition) is 0. The second-order valence-corrected chi connectivity index (χ2v) is 18.4. The Hall–Kier alpha value is -7.99. The normalized spacial score (nSPS) is 14.9. The second kappa shape index (κ2) is 17.4. The van der Waals surface area contributed by atoms with Crippen LogP contribution in [0.2, 0.25) is 0 Å². The molecule has 0 saturated carbocycles. The second-order valence-electron chi connectivity index (χ2n) is 17.3. The number of para-hydroxylation sites is 4. The van der Waals surface area contributed by atoms with Gasteiger partial charge in [0.05, 0.1) is 17.1 Å². The van der Waals surface area contributed by atoms with Crippen LogP contribution < -0.4 is 9.80 Å². The van der Waals surface area contributed by atoms with E-state index in [1.54, 1.807) is 11.8 Å². The third-order valence-electron chi connectivity index (χ3n) is 13.2. The summed E-state index contributed by atoms with van der Waals surface area (Å²) in [7, 11) is 0. The summed E-state index contributed by atoms with van der Waals surface area (Å²) in [6.45, 7) is 8.42. The zero-order valence-corrected chi connectivity index (χ0v) is 38.1. The van der Waals surface area contributed by atoms with Crippen molar-refractivity contribution in [3.8, 4) is 0 Å². The molecule has 0 aromatic heterocycles. The fourth-order valence-corrected chi connectivity index (χ4v) is 11.2. The van der Waals surface area contributed by atoms with Crippen LogP contribution in [0.1, 0.15) is 66.9 Å². The molecule has 9 aromatic rings. The third-order valence-corrected chi connectivity index (χ3v) is 14.4. The molecule has 0 N–H and O–H groups in total. The number of Topliss-reactive ketones (excluding diaryl/α,β-unsaturated/α-hetero) is 1. The summed E-state index contributed by atoms with van der Waals surface area (Å²) in [5.74, 6) is -0.131. The molecule has 1 aliphatic heterocycles. The van der Waals surface area contributed by atoms with Crippen LogP contribution >= 0.6 is 11.8 Å². The van der Waals surface area contributed by atoms with E-state index in [0.29, 0.717) is 22.3 Å². The molecule has 2 unspecified atom stereocenters. The van der Waals surface area contributed by atoms with Crippen molar-refractivity contribution in [2.45, 2.75) is 29.6 Å². The predicted molar refractivity (Wildman–Crippen MR) is 278 cm³/mol. The first-order valence-corrected chi connectivity index (χ1v) is 23.5. The van der Waals surface area contributed by atoms with Crippen LogP contribution in [0.5, 0.6) is 0 Å². The van der Waals surface area contributed by atoms with Gasteiger partial charge in [-0.3, -0.25) is 9.59 Å². The molecule has 322 valence electrons. The summed E-state index contributed by atoms with van der Waals surface area (Å²) >= 11 is 1.77. The highest BCUT2D eigenvalue weighted by Crippen LogP contribution is 2.52. The number of hydrogen-bond acceptors (Lipinski definition) is 5. The first-order valence-electron chi connectivity index (χ1n) is 22.7. The van der Waals surface area contributed by atoms with Gasteiger partial charge in [0.2, 0.25) is 0 Å². The molecule has 9 aromatic carbocycles. The molecular formula is C62H46N2O2S. The number of carbonyl (C=O) groups excluding carboxylic acids is 2. The zero-order valence-electron chi connectivity index (χ0n) is 37.3. The van der Waals surface area contributed by atoms with Crippen molar-refractivity contribution in [3.05, 3.63) is 263 Å². The average Bonchev–Trinajstić information content (AvgIpc) is 3.38. The lowest BCUT2D eigenvalue weighted by molar-refractivity contribution is 0.103. The molecule has 0 amide bonds. The summed E-state index contributed by atoms with van der Waals surface area (Å²) in [6.07, 6.45) is 4.03. The lowest BCUT2D eigenvalue weighted by atomic mass is 9.71. The molecule has 1 aliphatic carbocycles. The van der Waals surface area contributed by atoms with E-state index in [2.05, 4.69) is 158 Å². The summed E-state index contributed by atoms with van der Waals surface area (Å²) in [5, 5.41) is 1.92. The zero-order chi connectivity index (χ0) is 45.6. The van der Waals surface area contributed by atoms with Gasteiger partial charge in [-0.05, 0) is 112 Å². The minimum absolute atomic E-state index is 0.00504. The Kier molecular flexibility index (Phi) is 10.8. The molecular weight excluding hydrogens is 837 g/mol. The summed E-state index contributed by atoms with van der Waals surface area (Å²) in [6, 6.07) is 70.0. The fourth-order valence-electron chi connectivity index (χ4n) is 10.1. The van der Waals surface area contributed by atoms with Gasteiger partial charge in [0.25, 0.3) is 0 Å². The van der Waals surface area contributed by atoms with E-state index < -0.39 is 0 Å². The van der Waals surface area contributed by atoms with E-state index in [-0.39, 0.29) is 23.4 Å². The van der Waals surface area contributed by atoms with Gasteiger partial charge in [0, 0.05) is 55.0 Å². The topological polar surface area (TPSA) is 40.6 Å². The number of allylic oxidation sites excluding steroid dienone is 2. The van der Waals surface area contributed by atoms with Crippen molar-refractivity contribution in [1.29, 1.82) is 0 Å². The number of nitrogens with zero attached hydrogens (tertiary/aromatic N) is 2. The van der Waals surface area contributed by atoms with Gasteiger partial charge in [-0.2, -0.15) is 0 Å². The molecule has 0 radical (unpaired) electrons. The van der Waals surface area contributed by atoms with Crippen molar-refractivity contribution < 1.29 is 9.59 Å². The van der Waals surface area contributed by atoms with Gasteiger partial charge >= 0.3 is 0 Å². The van der Waals surface area contributed by atoms with Gasteiger partial charge in [0.1, 0.15) is 0 Å². The summed E-state index contributed by atoms with van der Waals surface area (Å²) < 4.78 is 0. The molecule has 67 heavy (non-hydrogen) atoms. The maximum atomic E-state index is 14.9. The van der Waals surface area contributed by atoms with Gasteiger partial charge in [-0.1, -0.05) is 183 Å². The largest absolute Gasteiger partial charge is 0.310 e. The van der Waals surface area contributed by atoms with Crippen LogP contribution in [0.25, 0.3) is 22.4 Å². The molecule has 2 atom stereocenters. The standard InChI is InChI=1S/C62H46N2O2S/c1-4-42-20-6-12-30-55(42)63(54-29-11-5-19-40(54)2)45-23-17-21-43(38-45)61(65)52-36-35-51(47-25-7-8-26-48(47)52)60-41(3)37-53(49-27-9-10-28-50(49)60)62(66)44-22-18-24-46(39-44)64-56-31-13-15-33-58(56)67-59-34-16-14-32-57(59)64/h4-39,41,60H,1H2,2-3H3. The Labute approximate surface area is 396 Å². The quantitative estimate of drug-likeness (QED) is 0.128. The fraction of sp³-hybridized carbons (Fsp3) is 0.0645. The Morgan fingerprint density at radius 3 is 1.97 bits per heavy atom. The van der Waals surface area contributed by atoms with Gasteiger partial charge < -0.3 is 9.80 Å². The minimum atomic E-state index is -0.0529. The van der Waals surface area contributed by atoms with Crippen molar-refractivity contribution >= 4 is 79.9 Å². The Morgan fingerprint density at radius 2 is 1.21 bits per heavy atom. The number of aryl methyl sites for hydroxylation is 1. The number of ketones is 2. The number of carbonyl (C=O) groups is 2. The SMILES string of the molecule is C=Cc1ccccc1N(c1cccc(C(=O)c2ccc(C3c4ccccc4C(C(=O)c4cccc(N5c6ccccc6Sc6ccccc65)c4)=CC3C)c3ccccc23)c1)c1ccccc1C. The number of rotatable bonds is 10. The van der Waals surface area contributed by atoms with Gasteiger partial charge in [0.15, 0.2) is 11.6 Å².